The molecule has 0 spiro atoms. The van der Waals surface area contributed by atoms with Crippen molar-refractivity contribution in [1.82, 2.24) is 10.2 Å². The molecule has 15 heavy (non-hydrogen) atoms. The van der Waals surface area contributed by atoms with Gasteiger partial charge in [0.1, 0.15) is 0 Å². The maximum absolute atomic E-state index is 11.1. The zero-order chi connectivity index (χ0) is 10.9. The average molecular weight is 234 g/mol. The Morgan fingerprint density at radius 3 is 2.73 bits per heavy atom. The van der Waals surface area contributed by atoms with Crippen molar-refractivity contribution in [1.29, 1.82) is 0 Å². The van der Waals surface area contributed by atoms with Crippen LogP contribution in [-0.4, -0.2) is 66.6 Å². The Hall–Kier alpha value is 0.0300. The number of nitrogens with one attached hydrogen (secondary N) is 1. The summed E-state index contributed by atoms with van der Waals surface area (Å²) in [6.07, 6.45) is 0. The van der Waals surface area contributed by atoms with Gasteiger partial charge in [0, 0.05) is 55.0 Å². The van der Waals surface area contributed by atoms with E-state index in [4.69, 9.17) is 4.74 Å². The first kappa shape index (κ1) is 13.1. The molecule has 0 saturated carbocycles. The minimum absolute atomic E-state index is 0.631. The van der Waals surface area contributed by atoms with Gasteiger partial charge in [0.2, 0.25) is 0 Å². The van der Waals surface area contributed by atoms with Gasteiger partial charge in [-0.05, 0) is 0 Å². The molecule has 5 heteroatoms. The summed E-state index contributed by atoms with van der Waals surface area (Å²) >= 11 is 0. The van der Waals surface area contributed by atoms with Crippen LogP contribution in [0.3, 0.4) is 0 Å². The first-order chi connectivity index (χ1) is 7.33. The van der Waals surface area contributed by atoms with Gasteiger partial charge < -0.3 is 10.1 Å². The second-order valence-corrected chi connectivity index (χ2v) is 5.50. The zero-order valence-electron chi connectivity index (χ0n) is 9.54. The molecule has 0 aliphatic carbocycles. The van der Waals surface area contributed by atoms with E-state index in [-0.39, 0.29) is 0 Å². The van der Waals surface area contributed by atoms with Crippen LogP contribution in [0.25, 0.3) is 0 Å². The van der Waals surface area contributed by atoms with Crippen molar-refractivity contribution in [2.75, 3.05) is 57.4 Å². The SMILES string of the molecule is CCS(=O)CCNCCN1CCOCC1. The van der Waals surface area contributed by atoms with E-state index >= 15 is 0 Å². The molecule has 1 saturated heterocycles. The van der Waals surface area contributed by atoms with Crippen LogP contribution in [0.4, 0.5) is 0 Å². The lowest BCUT2D eigenvalue weighted by Crippen LogP contribution is -2.40. The Bertz CT molecular complexity index is 184. The van der Waals surface area contributed by atoms with Crippen LogP contribution >= 0.6 is 0 Å². The van der Waals surface area contributed by atoms with Gasteiger partial charge in [-0.3, -0.25) is 9.11 Å². The second kappa shape index (κ2) is 8.21. The Labute approximate surface area is 94.8 Å². The number of rotatable bonds is 7. The van der Waals surface area contributed by atoms with Gasteiger partial charge in [-0.2, -0.15) is 0 Å². The maximum Gasteiger partial charge on any atom is 0.0594 e. The molecule has 1 fully saturated rings. The first-order valence-electron chi connectivity index (χ1n) is 5.68. The standard InChI is InChI=1S/C10H22N2O2S/c1-2-15(13)10-4-11-3-5-12-6-8-14-9-7-12/h11H,2-10H2,1H3. The summed E-state index contributed by atoms with van der Waals surface area (Å²) < 4.78 is 16.4. The molecular weight excluding hydrogens is 212 g/mol. The van der Waals surface area contributed by atoms with Crippen LogP contribution < -0.4 is 5.32 Å². The Balaban J connectivity index is 1.89. The van der Waals surface area contributed by atoms with Gasteiger partial charge >= 0.3 is 0 Å². The van der Waals surface area contributed by atoms with Crippen LogP contribution in [0.1, 0.15) is 6.92 Å². The van der Waals surface area contributed by atoms with Crippen LogP contribution in [0, 0.1) is 0 Å². The molecule has 90 valence electrons. The van der Waals surface area contributed by atoms with Gasteiger partial charge in [0.05, 0.1) is 13.2 Å². The normalized spacial score (nSPS) is 20.3. The van der Waals surface area contributed by atoms with E-state index in [0.29, 0.717) is 0 Å². The first-order valence-corrected chi connectivity index (χ1v) is 7.17. The van der Waals surface area contributed by atoms with Crippen LogP contribution in [0.15, 0.2) is 0 Å². The van der Waals surface area contributed by atoms with E-state index < -0.39 is 10.8 Å². The summed E-state index contributed by atoms with van der Waals surface area (Å²) in [5, 5.41) is 3.32. The highest BCUT2D eigenvalue weighted by Crippen LogP contribution is 1.94. The lowest BCUT2D eigenvalue weighted by atomic mass is 10.4. The topological polar surface area (TPSA) is 41.6 Å². The second-order valence-electron chi connectivity index (χ2n) is 3.64. The maximum atomic E-state index is 11.1. The van der Waals surface area contributed by atoms with E-state index in [9.17, 15) is 4.21 Å². The summed E-state index contributed by atoms with van der Waals surface area (Å²) in [7, 11) is -0.631. The molecule has 1 unspecified atom stereocenters. The highest BCUT2D eigenvalue weighted by atomic mass is 32.2. The Morgan fingerprint density at radius 2 is 2.07 bits per heavy atom. The molecule has 0 radical (unpaired) electrons. The molecule has 1 aliphatic heterocycles. The third-order valence-electron chi connectivity index (χ3n) is 2.54. The zero-order valence-corrected chi connectivity index (χ0v) is 10.4. The van der Waals surface area contributed by atoms with E-state index in [1.807, 2.05) is 6.92 Å². The molecule has 0 aromatic heterocycles. The molecule has 1 heterocycles. The van der Waals surface area contributed by atoms with Crippen LogP contribution in [0.2, 0.25) is 0 Å². The third-order valence-corrected chi connectivity index (χ3v) is 3.84. The number of ether oxygens (including phenoxy) is 1. The molecule has 0 bridgehead atoms. The van der Waals surface area contributed by atoms with Crippen molar-refractivity contribution in [3.05, 3.63) is 0 Å². The fraction of sp³-hybridized carbons (Fsp3) is 1.00. The number of hydrogen-bond acceptors (Lipinski definition) is 4. The number of morpholine rings is 1. The summed E-state index contributed by atoms with van der Waals surface area (Å²) in [5.74, 6) is 1.55. The van der Waals surface area contributed by atoms with E-state index in [2.05, 4.69) is 10.2 Å². The molecular formula is C10H22N2O2S. The van der Waals surface area contributed by atoms with Gasteiger partial charge in [-0.1, -0.05) is 6.92 Å². The molecule has 1 aliphatic rings. The minimum atomic E-state index is -0.631. The predicted octanol–water partition coefficient (Wildman–Crippen LogP) is -0.323. The largest absolute Gasteiger partial charge is 0.379 e. The van der Waals surface area contributed by atoms with Crippen LogP contribution in [-0.2, 0) is 15.5 Å². The highest BCUT2D eigenvalue weighted by Gasteiger charge is 2.08. The van der Waals surface area contributed by atoms with E-state index in [0.717, 1.165) is 57.4 Å². The molecule has 0 aromatic rings. The van der Waals surface area contributed by atoms with Gasteiger partial charge in [0.15, 0.2) is 0 Å². The summed E-state index contributed by atoms with van der Waals surface area (Å²) in [4.78, 5) is 2.40. The fourth-order valence-corrected chi connectivity index (χ4v) is 2.18. The summed E-state index contributed by atoms with van der Waals surface area (Å²) in [6, 6.07) is 0. The van der Waals surface area contributed by atoms with Crippen molar-refractivity contribution >= 4 is 10.8 Å². The van der Waals surface area contributed by atoms with Gasteiger partial charge in [-0.15, -0.1) is 0 Å². The molecule has 0 amide bonds. The molecule has 0 aromatic carbocycles. The quantitative estimate of drug-likeness (QED) is 0.613. The van der Waals surface area contributed by atoms with E-state index in [1.54, 1.807) is 0 Å². The third kappa shape index (κ3) is 6.25. The highest BCUT2D eigenvalue weighted by molar-refractivity contribution is 7.84. The summed E-state index contributed by atoms with van der Waals surface area (Å²) in [6.45, 7) is 8.70. The van der Waals surface area contributed by atoms with Gasteiger partial charge in [-0.25, -0.2) is 0 Å². The Kier molecular flexibility index (Phi) is 7.17. The van der Waals surface area contributed by atoms with Crippen molar-refractivity contribution in [3.63, 3.8) is 0 Å². The average Bonchev–Trinajstić information content (AvgIpc) is 2.29. The molecule has 4 nitrogen and oxygen atoms in total. The number of nitrogens with zero attached hydrogens (tertiary/aromatic N) is 1. The Morgan fingerprint density at radius 1 is 1.33 bits per heavy atom. The van der Waals surface area contributed by atoms with Crippen LogP contribution in [0.5, 0.6) is 0 Å². The predicted molar refractivity (Wildman–Crippen MR) is 63.7 cm³/mol. The van der Waals surface area contributed by atoms with Crippen molar-refractivity contribution in [3.8, 4) is 0 Å². The van der Waals surface area contributed by atoms with Gasteiger partial charge in [0.25, 0.3) is 0 Å². The lowest BCUT2D eigenvalue weighted by Gasteiger charge is -2.26. The minimum Gasteiger partial charge on any atom is -0.379 e. The molecule has 1 rings (SSSR count). The van der Waals surface area contributed by atoms with E-state index in [1.165, 1.54) is 0 Å². The monoisotopic (exact) mass is 234 g/mol. The summed E-state index contributed by atoms with van der Waals surface area (Å²) in [5.41, 5.74) is 0. The lowest BCUT2D eigenvalue weighted by molar-refractivity contribution is 0.0385. The van der Waals surface area contributed by atoms with Crippen molar-refractivity contribution < 1.29 is 8.95 Å². The molecule has 1 N–H and O–H groups in total. The number of hydrogen-bond donors (Lipinski definition) is 1. The fourth-order valence-electron chi connectivity index (χ4n) is 1.52. The molecule has 1 atom stereocenters. The van der Waals surface area contributed by atoms with Crippen molar-refractivity contribution in [2.45, 2.75) is 6.92 Å². The smallest absolute Gasteiger partial charge is 0.0594 e. The van der Waals surface area contributed by atoms with Crippen molar-refractivity contribution in [2.24, 2.45) is 0 Å².